The molecular weight excluding hydrogens is 1580 g/mol. The average Bonchev–Trinajstić information content (AvgIpc) is 1.30. The van der Waals surface area contributed by atoms with Crippen LogP contribution in [0.1, 0.15) is 108 Å². The molecule has 8 aromatic carbocycles. The maximum atomic E-state index is 14.8. The van der Waals surface area contributed by atoms with Gasteiger partial charge in [-0.25, -0.2) is 64.2 Å². The summed E-state index contributed by atoms with van der Waals surface area (Å²) >= 11 is 0. The van der Waals surface area contributed by atoms with Crippen molar-refractivity contribution >= 4 is 111 Å². The highest BCUT2D eigenvalue weighted by Gasteiger charge is 2.28. The third kappa shape index (κ3) is 15.5. The molecule has 0 fully saturated rings. The zero-order valence-corrected chi connectivity index (χ0v) is 71.3. The summed E-state index contributed by atoms with van der Waals surface area (Å²) in [7, 11) is 1.97. The van der Waals surface area contributed by atoms with Crippen molar-refractivity contribution in [2.75, 3.05) is 34.0 Å². The smallest absolute Gasteiger partial charge is 0.263 e. The van der Waals surface area contributed by atoms with E-state index in [0.717, 1.165) is 139 Å². The number of aromatic amines is 4. The standard InChI is InChI=1S/2C25H24N6O.C24H22N6O.C23H19FN6O/c1-15-8-5-6-11-19(15)31-20(12-18-10-7-9-16(2)21(18)25(31)32)17(3)30(4)24-22-23(27-13-26-22)28-14-29-24;1-4-30(24-22-23(27-14-26-22)28-15-29-24)13-19-12-18-10-7-9-17(3)21(18)25(32)31(19)20-11-6-5-8-16(20)2;1-14-7-4-5-10-18(14)30-19(11-17-9-6-8-15(2)20(17)24(30)31)16(3)29-23-21-22(26-12-25-21)27-13-28-23;1-13-6-5-7-15-10-18(14(2)29-22-20-21(26-11-25-20)27-12-28-22)30(23(31)19(13)15)17-9-4-3-8-16(17)24/h5-14,17H,1-4H3,(H,26,27,28,29);5-12,14-15H,4,13H2,1-3H3,(H,26,27,28,29);4-13,16H,1-3H3,(H2,25,26,27,28,29);3-12,14H,1-2H3,(H2,25,26,27,28,29). The summed E-state index contributed by atoms with van der Waals surface area (Å²) < 4.78 is 21.7. The molecule has 0 amide bonds. The number of fused-ring (bicyclic) bond motifs is 8. The van der Waals surface area contributed by atoms with Crippen molar-refractivity contribution < 1.29 is 4.39 Å². The SMILES string of the molecule is CCN(Cc1cc2cccc(C)c2c(=O)n1-c1ccccc1C)c1ncnc2nc[nH]c12.Cc1cccc2cc(C(C)Nc3ncnc4nc[nH]c34)n(-c3ccccc3F)c(=O)c12.Cc1ccccc1-n1c(C(C)N(C)c2ncnc3nc[nH]c23)cc2cccc(C)c2c1=O.Cc1ccccc1-n1c(C(C)Nc2ncnc3nc[nH]c23)cc2cccc(C)c2c1=O. The van der Waals surface area contributed by atoms with Crippen molar-refractivity contribution in [3.05, 3.63) is 354 Å². The number of hydrogen-bond donors (Lipinski definition) is 6. The lowest BCUT2D eigenvalue weighted by Gasteiger charge is -2.29. The van der Waals surface area contributed by atoms with Gasteiger partial charge in [-0.15, -0.1) is 0 Å². The maximum Gasteiger partial charge on any atom is 0.263 e. The van der Waals surface area contributed by atoms with Crippen molar-refractivity contribution in [2.45, 2.75) is 101 Å². The second kappa shape index (κ2) is 34.8. The van der Waals surface area contributed by atoms with Crippen LogP contribution >= 0.6 is 0 Å². The van der Waals surface area contributed by atoms with Crippen LogP contribution in [0.25, 0.3) is 110 Å². The molecule has 3 atom stereocenters. The van der Waals surface area contributed by atoms with Crippen LogP contribution in [0.15, 0.2) is 264 Å². The van der Waals surface area contributed by atoms with Crippen molar-refractivity contribution in [3.63, 3.8) is 0 Å². The monoisotopic (exact) mass is 1670 g/mol. The number of H-pyrrole nitrogens is 4. The summed E-state index contributed by atoms with van der Waals surface area (Å²) in [5, 5.41) is 13.2. The fourth-order valence-electron chi connectivity index (χ4n) is 16.6. The van der Waals surface area contributed by atoms with Crippen molar-refractivity contribution in [2.24, 2.45) is 0 Å². The summed E-state index contributed by atoms with van der Waals surface area (Å²) in [6.07, 6.45) is 12.3. The number of aromatic nitrogens is 20. The van der Waals surface area contributed by atoms with Gasteiger partial charge in [-0.2, -0.15) is 0 Å². The molecule has 3 unspecified atom stereocenters. The van der Waals surface area contributed by atoms with Crippen LogP contribution in [0.5, 0.6) is 0 Å². The van der Waals surface area contributed by atoms with Crippen LogP contribution in [0.3, 0.4) is 0 Å². The second-order valence-corrected chi connectivity index (χ2v) is 31.1. The van der Waals surface area contributed by atoms with Gasteiger partial charge in [-0.1, -0.05) is 140 Å². The predicted octanol–water partition coefficient (Wildman–Crippen LogP) is 17.5. The molecule has 126 heavy (non-hydrogen) atoms. The Hall–Kier alpha value is -16.1. The van der Waals surface area contributed by atoms with Crippen molar-refractivity contribution in [1.82, 2.24) is 98.0 Å². The van der Waals surface area contributed by atoms with E-state index < -0.39 is 5.82 Å². The molecule has 0 saturated carbocycles. The second-order valence-electron chi connectivity index (χ2n) is 31.1. The number of halogens is 1. The van der Waals surface area contributed by atoms with E-state index >= 15 is 0 Å². The predicted molar refractivity (Wildman–Crippen MR) is 496 cm³/mol. The van der Waals surface area contributed by atoms with E-state index in [-0.39, 0.29) is 46.0 Å². The molecule has 0 radical (unpaired) electrons. The number of hydrogen-bond acceptors (Lipinski definition) is 20. The molecule has 0 aliphatic carbocycles. The molecule has 20 aromatic rings. The Morgan fingerprint density at radius 2 is 0.683 bits per heavy atom. The van der Waals surface area contributed by atoms with Crippen LogP contribution in [0, 0.1) is 54.3 Å². The van der Waals surface area contributed by atoms with E-state index in [2.05, 4.69) is 127 Å². The lowest BCUT2D eigenvalue weighted by molar-refractivity contribution is 0.611. The fraction of sp³-hybridized carbons (Fsp3) is 0.175. The zero-order chi connectivity index (χ0) is 87.7. The quantitative estimate of drug-likeness (QED) is 0.0493. The third-order valence-electron chi connectivity index (χ3n) is 23.2. The minimum Gasteiger partial charge on any atom is -0.360 e. The first-order valence-corrected chi connectivity index (χ1v) is 41.2. The summed E-state index contributed by atoms with van der Waals surface area (Å²) in [4.78, 5) is 123. The van der Waals surface area contributed by atoms with Gasteiger partial charge >= 0.3 is 0 Å². The van der Waals surface area contributed by atoms with Crippen LogP contribution in [0.2, 0.25) is 0 Å². The number of benzene rings is 8. The first-order chi connectivity index (χ1) is 61.1. The van der Waals surface area contributed by atoms with E-state index in [1.54, 1.807) is 43.5 Å². The van der Waals surface area contributed by atoms with E-state index in [1.165, 1.54) is 35.9 Å². The molecule has 6 N–H and O–H groups in total. The van der Waals surface area contributed by atoms with Crippen LogP contribution in [-0.2, 0) is 6.54 Å². The van der Waals surface area contributed by atoms with Gasteiger partial charge in [0.05, 0.1) is 94.3 Å². The molecule has 28 nitrogen and oxygen atoms in total. The number of para-hydroxylation sites is 4. The van der Waals surface area contributed by atoms with E-state index in [1.807, 2.05) is 240 Å². The number of rotatable bonds is 17. The Balaban J connectivity index is 0.000000119. The number of anilines is 4. The highest BCUT2D eigenvalue weighted by atomic mass is 19.1. The van der Waals surface area contributed by atoms with Gasteiger partial charge in [-0.05, 0) is 191 Å². The van der Waals surface area contributed by atoms with Gasteiger partial charge in [0.2, 0.25) is 0 Å². The maximum absolute atomic E-state index is 14.8. The number of imidazole rings is 4. The normalized spacial score (nSPS) is 12.1. The van der Waals surface area contributed by atoms with Gasteiger partial charge < -0.3 is 40.4 Å². The Bertz CT molecular complexity index is 7520. The number of nitrogens with zero attached hydrogens (tertiary/aromatic N) is 18. The lowest BCUT2D eigenvalue weighted by Crippen LogP contribution is -2.31. The zero-order valence-electron chi connectivity index (χ0n) is 71.3. The van der Waals surface area contributed by atoms with Gasteiger partial charge in [0.25, 0.3) is 22.2 Å². The van der Waals surface area contributed by atoms with E-state index in [4.69, 9.17) is 0 Å². The first-order valence-electron chi connectivity index (χ1n) is 41.2. The number of nitrogens with one attached hydrogen (secondary N) is 6. The van der Waals surface area contributed by atoms with Gasteiger partial charge in [0, 0.05) is 36.4 Å². The van der Waals surface area contributed by atoms with Gasteiger partial charge in [-0.3, -0.25) is 37.4 Å². The van der Waals surface area contributed by atoms with Gasteiger partial charge in [0.15, 0.2) is 45.9 Å². The molecule has 628 valence electrons. The molecule has 0 saturated heterocycles. The summed E-state index contributed by atoms with van der Waals surface area (Å²) in [5.41, 5.74) is 18.0. The Labute approximate surface area is 720 Å². The molecule has 29 heteroatoms. The third-order valence-corrected chi connectivity index (χ3v) is 23.2. The highest BCUT2D eigenvalue weighted by molar-refractivity contribution is 5.91. The largest absolute Gasteiger partial charge is 0.360 e. The molecule has 12 aromatic heterocycles. The Morgan fingerprint density at radius 1 is 0.357 bits per heavy atom. The average molecular weight is 1670 g/mol. The fourth-order valence-corrected chi connectivity index (χ4v) is 16.6. The van der Waals surface area contributed by atoms with Crippen molar-refractivity contribution in [1.29, 1.82) is 0 Å². The lowest BCUT2D eigenvalue weighted by atomic mass is 10.0. The summed E-state index contributed by atoms with van der Waals surface area (Å²) in [6.45, 7) is 23.2. The molecule has 12 heterocycles. The molecule has 20 rings (SSSR count). The number of pyridine rings is 4. The van der Waals surface area contributed by atoms with Crippen LogP contribution in [-0.4, -0.2) is 112 Å². The van der Waals surface area contributed by atoms with Crippen LogP contribution < -0.4 is 42.7 Å². The highest BCUT2D eigenvalue weighted by Crippen LogP contribution is 2.35. The summed E-state index contributed by atoms with van der Waals surface area (Å²) in [6, 6.07) is 61.2. The molecule has 0 aliphatic heterocycles. The van der Waals surface area contributed by atoms with E-state index in [0.29, 0.717) is 63.9 Å². The van der Waals surface area contributed by atoms with Gasteiger partial charge in [0.1, 0.15) is 53.2 Å². The molecule has 0 spiro atoms. The number of aryl methyl sites for hydroxylation is 7. The van der Waals surface area contributed by atoms with E-state index in [9.17, 15) is 23.6 Å². The topological polar surface area (TPSA) is 336 Å². The summed E-state index contributed by atoms with van der Waals surface area (Å²) in [5.74, 6) is 2.22. The van der Waals surface area contributed by atoms with Crippen molar-refractivity contribution in [3.8, 4) is 22.7 Å². The Morgan fingerprint density at radius 3 is 1.10 bits per heavy atom. The first kappa shape index (κ1) is 82.3. The molecule has 0 aliphatic rings. The van der Waals surface area contributed by atoms with Crippen LogP contribution in [0.4, 0.5) is 27.7 Å². The minimum atomic E-state index is -0.469. The minimum absolute atomic E-state index is 0.00433. The molecular formula is C97H89FN24O4. The molecule has 0 bridgehead atoms. The Kier molecular flexibility index (Phi) is 22.7.